The maximum Gasteiger partial charge on any atom is 0.305 e. The van der Waals surface area contributed by atoms with Gasteiger partial charge in [0.25, 0.3) is 0 Å². The molecule has 0 aliphatic carbocycles. The van der Waals surface area contributed by atoms with Crippen LogP contribution in [-0.4, -0.2) is 47.4 Å². The van der Waals surface area contributed by atoms with Crippen molar-refractivity contribution < 1.29 is 24.5 Å². The number of ether oxygens (including phenoxy) is 1. The lowest BCUT2D eigenvalue weighted by atomic mass is 10.0. The maximum absolute atomic E-state index is 12.4. The van der Waals surface area contributed by atoms with Gasteiger partial charge in [0.05, 0.1) is 25.4 Å². The number of nitrogens with one attached hydrogen (secondary N) is 1. The number of carbonyl (C=O) groups is 2. The van der Waals surface area contributed by atoms with Crippen molar-refractivity contribution in [1.82, 2.24) is 5.32 Å². The molecule has 408 valence electrons. The van der Waals surface area contributed by atoms with Gasteiger partial charge in [0.1, 0.15) is 0 Å². The lowest BCUT2D eigenvalue weighted by molar-refractivity contribution is -0.143. The van der Waals surface area contributed by atoms with Crippen molar-refractivity contribution in [2.75, 3.05) is 13.2 Å². The van der Waals surface area contributed by atoms with Gasteiger partial charge in [0, 0.05) is 12.8 Å². The third-order valence-corrected chi connectivity index (χ3v) is 14.5. The molecule has 6 heteroatoms. The first-order valence-corrected chi connectivity index (χ1v) is 31.1. The van der Waals surface area contributed by atoms with Gasteiger partial charge in [-0.25, -0.2) is 0 Å². The molecule has 2 unspecified atom stereocenters. The first-order valence-electron chi connectivity index (χ1n) is 31.1. The second-order valence-corrected chi connectivity index (χ2v) is 21.4. The van der Waals surface area contributed by atoms with Crippen LogP contribution in [0, 0.1) is 0 Å². The molecule has 0 aromatic rings. The fraction of sp³-hybridized carbons (Fsp3) is 0.905. The third-order valence-electron chi connectivity index (χ3n) is 14.5. The largest absolute Gasteiger partial charge is 0.466 e. The monoisotopic (exact) mass is 972 g/mol. The minimum absolute atomic E-state index is 0.00851. The molecule has 3 N–H and O–H groups in total. The number of hydrogen-bond acceptors (Lipinski definition) is 5. The van der Waals surface area contributed by atoms with Gasteiger partial charge in [-0.3, -0.25) is 9.59 Å². The van der Waals surface area contributed by atoms with Crippen molar-refractivity contribution in [2.45, 2.75) is 353 Å². The van der Waals surface area contributed by atoms with Crippen molar-refractivity contribution in [3.8, 4) is 0 Å². The Hall–Kier alpha value is -1.66. The summed E-state index contributed by atoms with van der Waals surface area (Å²) in [5, 5.41) is 23.1. The molecule has 0 spiro atoms. The molecule has 0 radical (unpaired) electrons. The highest BCUT2D eigenvalue weighted by Gasteiger charge is 2.18. The van der Waals surface area contributed by atoms with E-state index in [0.29, 0.717) is 19.4 Å². The molecule has 0 bridgehead atoms. The molecule has 0 aromatic carbocycles. The zero-order valence-corrected chi connectivity index (χ0v) is 46.6. The topological polar surface area (TPSA) is 95.9 Å². The molecule has 0 aliphatic heterocycles. The summed E-state index contributed by atoms with van der Waals surface area (Å²) in [7, 11) is 0. The number of esters is 1. The van der Waals surface area contributed by atoms with E-state index in [1.54, 1.807) is 6.08 Å². The van der Waals surface area contributed by atoms with Gasteiger partial charge in [-0.2, -0.15) is 0 Å². The lowest BCUT2D eigenvalue weighted by Gasteiger charge is -2.20. The molecule has 0 saturated heterocycles. The van der Waals surface area contributed by atoms with Gasteiger partial charge in [-0.1, -0.05) is 295 Å². The van der Waals surface area contributed by atoms with Crippen LogP contribution in [0.15, 0.2) is 24.3 Å². The van der Waals surface area contributed by atoms with Crippen LogP contribution in [0.4, 0.5) is 0 Å². The number of amides is 1. The Labute approximate surface area is 431 Å². The van der Waals surface area contributed by atoms with Gasteiger partial charge in [0.15, 0.2) is 0 Å². The summed E-state index contributed by atoms with van der Waals surface area (Å²) in [4.78, 5) is 24.5. The summed E-state index contributed by atoms with van der Waals surface area (Å²) < 4.78 is 5.48. The SMILES string of the molecule is CCCCCC/C=C\CCCCCCCC(=O)OCCCCCCCCCCCCCCCCCCCCCCCCCCCCCC(=O)NC(CO)C(O)/C=C/CCCCCCCCCCCC. The summed E-state index contributed by atoms with van der Waals surface area (Å²) in [6.07, 6.45) is 72.3. The van der Waals surface area contributed by atoms with Crippen LogP contribution >= 0.6 is 0 Å². The van der Waals surface area contributed by atoms with Crippen LogP contribution in [-0.2, 0) is 14.3 Å². The Kier molecular flexibility index (Phi) is 57.5. The Bertz CT molecular complexity index is 1080. The van der Waals surface area contributed by atoms with E-state index in [0.717, 1.165) is 44.9 Å². The van der Waals surface area contributed by atoms with E-state index in [-0.39, 0.29) is 18.5 Å². The number of unbranched alkanes of at least 4 members (excludes halogenated alkanes) is 45. The smallest absolute Gasteiger partial charge is 0.305 e. The number of allylic oxidation sites excluding steroid dienone is 3. The van der Waals surface area contributed by atoms with Crippen LogP contribution < -0.4 is 5.32 Å². The van der Waals surface area contributed by atoms with Gasteiger partial charge < -0.3 is 20.3 Å². The Morgan fingerprint density at radius 1 is 0.391 bits per heavy atom. The molecule has 0 fully saturated rings. The number of aliphatic hydroxyl groups is 2. The third kappa shape index (κ3) is 55.5. The molecule has 0 saturated carbocycles. The van der Waals surface area contributed by atoms with Gasteiger partial charge in [-0.15, -0.1) is 0 Å². The van der Waals surface area contributed by atoms with Crippen LogP contribution in [0.1, 0.15) is 341 Å². The van der Waals surface area contributed by atoms with Crippen LogP contribution in [0.25, 0.3) is 0 Å². The summed E-state index contributed by atoms with van der Waals surface area (Å²) in [6.45, 7) is 4.89. The van der Waals surface area contributed by atoms with E-state index in [9.17, 15) is 19.8 Å². The van der Waals surface area contributed by atoms with Crippen molar-refractivity contribution in [2.24, 2.45) is 0 Å². The number of aliphatic hydroxyl groups excluding tert-OH is 2. The molecular formula is C63H121NO5. The Morgan fingerprint density at radius 2 is 0.681 bits per heavy atom. The molecule has 2 atom stereocenters. The van der Waals surface area contributed by atoms with Crippen molar-refractivity contribution in [3.63, 3.8) is 0 Å². The number of hydrogen-bond donors (Lipinski definition) is 3. The molecule has 0 heterocycles. The quantitative estimate of drug-likeness (QED) is 0.0321. The number of rotatable bonds is 58. The molecule has 69 heavy (non-hydrogen) atoms. The second kappa shape index (κ2) is 58.9. The van der Waals surface area contributed by atoms with Crippen LogP contribution in [0.5, 0.6) is 0 Å². The minimum Gasteiger partial charge on any atom is -0.466 e. The summed E-state index contributed by atoms with van der Waals surface area (Å²) >= 11 is 0. The van der Waals surface area contributed by atoms with Gasteiger partial charge >= 0.3 is 5.97 Å². The normalized spacial score (nSPS) is 12.7. The van der Waals surface area contributed by atoms with E-state index < -0.39 is 12.1 Å². The maximum atomic E-state index is 12.4. The first-order chi connectivity index (χ1) is 34.0. The number of carbonyl (C=O) groups excluding carboxylic acids is 2. The molecule has 0 aromatic heterocycles. The second-order valence-electron chi connectivity index (χ2n) is 21.4. The summed E-state index contributed by atoms with van der Waals surface area (Å²) in [5.74, 6) is -0.0564. The Morgan fingerprint density at radius 3 is 1.04 bits per heavy atom. The van der Waals surface area contributed by atoms with E-state index >= 15 is 0 Å². The van der Waals surface area contributed by atoms with Gasteiger partial charge in [0.2, 0.25) is 5.91 Å². The average Bonchev–Trinajstić information content (AvgIpc) is 3.35. The van der Waals surface area contributed by atoms with Crippen LogP contribution in [0.3, 0.4) is 0 Å². The van der Waals surface area contributed by atoms with Crippen molar-refractivity contribution in [3.05, 3.63) is 24.3 Å². The highest BCUT2D eigenvalue weighted by Crippen LogP contribution is 2.18. The minimum atomic E-state index is -0.841. The summed E-state index contributed by atoms with van der Waals surface area (Å²) in [5.41, 5.74) is 0. The highest BCUT2D eigenvalue weighted by atomic mass is 16.5. The fourth-order valence-corrected chi connectivity index (χ4v) is 9.69. The highest BCUT2D eigenvalue weighted by molar-refractivity contribution is 5.76. The predicted molar refractivity (Wildman–Crippen MR) is 301 cm³/mol. The molecular weight excluding hydrogens is 851 g/mol. The van der Waals surface area contributed by atoms with Crippen LogP contribution in [0.2, 0.25) is 0 Å². The standard InChI is InChI=1S/C63H121NO5/c1-3-5-7-9-11-13-15-32-37-41-45-49-53-57-63(68)69-58-54-50-46-42-38-34-31-29-27-25-23-21-19-17-18-20-22-24-26-28-30-33-36-40-44-48-52-56-62(67)64-60(59-65)61(66)55-51-47-43-39-35-16-14-12-10-8-6-4-2/h13,15,51,55,60-61,65-66H,3-12,14,16-50,52-54,56-59H2,1-2H3,(H,64,67)/b15-13-,55-51+. The molecule has 1 amide bonds. The summed E-state index contributed by atoms with van der Waals surface area (Å²) in [6, 6.07) is -0.624. The van der Waals surface area contributed by atoms with Gasteiger partial charge in [-0.05, 0) is 57.8 Å². The van der Waals surface area contributed by atoms with E-state index in [4.69, 9.17) is 4.74 Å². The molecule has 0 aliphatic rings. The Balaban J connectivity index is 3.35. The average molecular weight is 973 g/mol. The molecule has 0 rings (SSSR count). The van der Waals surface area contributed by atoms with E-state index in [1.807, 2.05) is 6.08 Å². The zero-order valence-electron chi connectivity index (χ0n) is 46.6. The lowest BCUT2D eigenvalue weighted by Crippen LogP contribution is -2.45. The molecule has 6 nitrogen and oxygen atoms in total. The van der Waals surface area contributed by atoms with Crippen molar-refractivity contribution in [1.29, 1.82) is 0 Å². The first kappa shape index (κ1) is 67.3. The fourth-order valence-electron chi connectivity index (χ4n) is 9.69. The predicted octanol–water partition coefficient (Wildman–Crippen LogP) is 19.4. The van der Waals surface area contributed by atoms with E-state index in [1.165, 1.54) is 270 Å². The van der Waals surface area contributed by atoms with Crippen molar-refractivity contribution >= 4 is 11.9 Å². The zero-order chi connectivity index (χ0) is 50.0. The van der Waals surface area contributed by atoms with E-state index in [2.05, 4.69) is 31.3 Å².